The minimum Gasteiger partial charge on any atom is -0.491 e. The summed E-state index contributed by atoms with van der Waals surface area (Å²) in [6.07, 6.45) is 0.211. The lowest BCUT2D eigenvalue weighted by atomic mass is 9.86. The maximum absolute atomic E-state index is 11.3. The molecule has 0 fully saturated rings. The van der Waals surface area contributed by atoms with Crippen LogP contribution in [0, 0.1) is 0 Å². The summed E-state index contributed by atoms with van der Waals surface area (Å²) < 4.78 is 5.65. The fraction of sp³-hybridized carbons (Fsp3) is 0.588. The van der Waals surface area contributed by atoms with Gasteiger partial charge in [-0.1, -0.05) is 26.0 Å². The third-order valence-corrected chi connectivity index (χ3v) is 3.80. The van der Waals surface area contributed by atoms with Crippen LogP contribution in [0.1, 0.15) is 46.6 Å². The second-order valence-corrected chi connectivity index (χ2v) is 5.71. The first-order chi connectivity index (χ1) is 9.83. The molecule has 1 aromatic carbocycles. The molecular formula is C17H27NO3. The van der Waals surface area contributed by atoms with Crippen molar-refractivity contribution in [1.82, 2.24) is 4.90 Å². The Morgan fingerprint density at radius 2 is 1.76 bits per heavy atom. The minimum absolute atomic E-state index is 0.0824. The van der Waals surface area contributed by atoms with Crippen LogP contribution in [0.4, 0.5) is 0 Å². The lowest BCUT2D eigenvalue weighted by Crippen LogP contribution is -2.45. The second kappa shape index (κ2) is 7.46. The van der Waals surface area contributed by atoms with Gasteiger partial charge in [0.05, 0.1) is 18.1 Å². The van der Waals surface area contributed by atoms with E-state index in [0.717, 1.165) is 24.4 Å². The average molecular weight is 293 g/mol. The van der Waals surface area contributed by atoms with E-state index in [2.05, 4.69) is 18.7 Å². The van der Waals surface area contributed by atoms with Crippen LogP contribution >= 0.6 is 0 Å². The first-order valence-corrected chi connectivity index (χ1v) is 7.57. The lowest BCUT2D eigenvalue weighted by Gasteiger charge is -2.40. The number of carboxylic acid groups (broad SMARTS) is 1. The summed E-state index contributed by atoms with van der Waals surface area (Å²) in [6.45, 7) is 11.7. The monoisotopic (exact) mass is 293 g/mol. The van der Waals surface area contributed by atoms with Crippen molar-refractivity contribution in [2.75, 3.05) is 13.1 Å². The lowest BCUT2D eigenvalue weighted by molar-refractivity contribution is -0.140. The number of nitrogens with zero attached hydrogens (tertiary/aromatic N) is 1. The summed E-state index contributed by atoms with van der Waals surface area (Å²) in [5.74, 6) is 0.0258. The molecule has 0 amide bonds. The molecule has 1 atom stereocenters. The molecule has 0 spiro atoms. The zero-order valence-electron chi connectivity index (χ0n) is 13.7. The highest BCUT2D eigenvalue weighted by atomic mass is 16.5. The van der Waals surface area contributed by atoms with E-state index in [9.17, 15) is 9.90 Å². The van der Waals surface area contributed by atoms with E-state index in [1.165, 1.54) is 0 Å². The molecule has 0 aliphatic rings. The Morgan fingerprint density at radius 3 is 2.14 bits per heavy atom. The highest BCUT2D eigenvalue weighted by Gasteiger charge is 2.34. The number of carboxylic acids is 1. The topological polar surface area (TPSA) is 49.8 Å². The number of benzene rings is 1. The maximum atomic E-state index is 11.3. The minimum atomic E-state index is -0.785. The smallest absolute Gasteiger partial charge is 0.305 e. The van der Waals surface area contributed by atoms with Gasteiger partial charge < -0.3 is 9.84 Å². The third-order valence-electron chi connectivity index (χ3n) is 3.80. The van der Waals surface area contributed by atoms with Crippen molar-refractivity contribution in [2.45, 2.75) is 52.7 Å². The van der Waals surface area contributed by atoms with Crippen LogP contribution < -0.4 is 4.74 Å². The van der Waals surface area contributed by atoms with Crippen molar-refractivity contribution in [3.8, 4) is 5.75 Å². The molecule has 118 valence electrons. The molecule has 21 heavy (non-hydrogen) atoms. The van der Waals surface area contributed by atoms with Crippen LogP contribution in [-0.2, 0) is 10.3 Å². The number of carbonyl (C=O) groups is 1. The van der Waals surface area contributed by atoms with Crippen molar-refractivity contribution < 1.29 is 14.6 Å². The van der Waals surface area contributed by atoms with E-state index in [1.54, 1.807) is 0 Å². The van der Waals surface area contributed by atoms with Gasteiger partial charge in [0.15, 0.2) is 0 Å². The molecular weight excluding hydrogens is 266 g/mol. The van der Waals surface area contributed by atoms with Gasteiger partial charge in [0.1, 0.15) is 5.75 Å². The van der Waals surface area contributed by atoms with Gasteiger partial charge in [-0.2, -0.15) is 0 Å². The summed E-state index contributed by atoms with van der Waals surface area (Å²) in [5.41, 5.74) is 0.496. The molecule has 4 nitrogen and oxygen atoms in total. The molecule has 1 rings (SSSR count). The molecule has 1 N–H and O–H groups in total. The number of aliphatic carboxylic acids is 1. The van der Waals surface area contributed by atoms with Gasteiger partial charge in [-0.3, -0.25) is 9.69 Å². The van der Waals surface area contributed by atoms with Gasteiger partial charge in [-0.15, -0.1) is 0 Å². The third kappa shape index (κ3) is 4.46. The zero-order valence-corrected chi connectivity index (χ0v) is 13.7. The van der Waals surface area contributed by atoms with E-state index in [0.29, 0.717) is 0 Å². The fourth-order valence-corrected chi connectivity index (χ4v) is 2.78. The molecule has 1 aromatic rings. The van der Waals surface area contributed by atoms with Gasteiger partial charge in [-0.25, -0.2) is 0 Å². The normalized spacial score (nSPS) is 14.2. The van der Waals surface area contributed by atoms with Crippen LogP contribution in [0.2, 0.25) is 0 Å². The Bertz CT molecular complexity index is 452. The summed E-state index contributed by atoms with van der Waals surface area (Å²) >= 11 is 0. The fourth-order valence-electron chi connectivity index (χ4n) is 2.78. The molecule has 1 unspecified atom stereocenters. The molecule has 0 heterocycles. The number of ether oxygens (including phenoxy) is 1. The Hall–Kier alpha value is -1.55. The van der Waals surface area contributed by atoms with Gasteiger partial charge in [0, 0.05) is 0 Å². The van der Waals surface area contributed by atoms with Crippen molar-refractivity contribution in [3.05, 3.63) is 29.8 Å². The Kier molecular flexibility index (Phi) is 6.21. The SMILES string of the molecule is CCN(CC)C(C)(CC(=O)O)c1ccc(OC(C)C)cc1. The zero-order chi connectivity index (χ0) is 16.0. The van der Waals surface area contributed by atoms with Gasteiger partial charge in [0.25, 0.3) is 0 Å². The summed E-state index contributed by atoms with van der Waals surface area (Å²) in [7, 11) is 0. The molecule has 0 aliphatic heterocycles. The molecule has 4 heteroatoms. The standard InChI is InChI=1S/C17H27NO3/c1-6-18(7-2)17(5,12-16(19)20)14-8-10-15(11-9-14)21-13(3)4/h8-11,13H,6-7,12H2,1-5H3,(H,19,20). The van der Waals surface area contributed by atoms with E-state index >= 15 is 0 Å². The van der Waals surface area contributed by atoms with Gasteiger partial charge >= 0.3 is 5.97 Å². The van der Waals surface area contributed by atoms with Crippen LogP contribution in [0.25, 0.3) is 0 Å². The number of hydrogen-bond acceptors (Lipinski definition) is 3. The first kappa shape index (κ1) is 17.5. The highest BCUT2D eigenvalue weighted by molar-refractivity contribution is 5.69. The summed E-state index contributed by atoms with van der Waals surface area (Å²) in [4.78, 5) is 13.5. The maximum Gasteiger partial charge on any atom is 0.305 e. The van der Waals surface area contributed by atoms with Crippen molar-refractivity contribution >= 4 is 5.97 Å². The van der Waals surface area contributed by atoms with E-state index < -0.39 is 11.5 Å². The van der Waals surface area contributed by atoms with Crippen molar-refractivity contribution in [1.29, 1.82) is 0 Å². The van der Waals surface area contributed by atoms with E-state index in [1.807, 2.05) is 45.0 Å². The summed E-state index contributed by atoms with van der Waals surface area (Å²) in [6, 6.07) is 7.77. The summed E-state index contributed by atoms with van der Waals surface area (Å²) in [5, 5.41) is 9.27. The van der Waals surface area contributed by atoms with Crippen LogP contribution in [0.5, 0.6) is 5.75 Å². The van der Waals surface area contributed by atoms with Crippen LogP contribution in [-0.4, -0.2) is 35.2 Å². The van der Waals surface area contributed by atoms with Crippen molar-refractivity contribution in [2.24, 2.45) is 0 Å². The Balaban J connectivity index is 3.11. The predicted molar refractivity (Wildman–Crippen MR) is 84.7 cm³/mol. The molecule has 0 aliphatic carbocycles. The highest BCUT2D eigenvalue weighted by Crippen LogP contribution is 2.33. The van der Waals surface area contributed by atoms with Crippen LogP contribution in [0.3, 0.4) is 0 Å². The largest absolute Gasteiger partial charge is 0.491 e. The molecule has 0 saturated carbocycles. The van der Waals surface area contributed by atoms with Gasteiger partial charge in [-0.05, 0) is 51.6 Å². The quantitative estimate of drug-likeness (QED) is 0.797. The Labute approximate surface area is 127 Å². The molecule has 0 saturated heterocycles. The van der Waals surface area contributed by atoms with Crippen molar-refractivity contribution in [3.63, 3.8) is 0 Å². The number of rotatable bonds is 8. The predicted octanol–water partition coefficient (Wildman–Crippen LogP) is 3.51. The van der Waals surface area contributed by atoms with E-state index in [4.69, 9.17) is 4.74 Å². The molecule has 0 bridgehead atoms. The molecule has 0 aromatic heterocycles. The average Bonchev–Trinajstić information content (AvgIpc) is 2.39. The first-order valence-electron chi connectivity index (χ1n) is 7.57. The second-order valence-electron chi connectivity index (χ2n) is 5.71. The van der Waals surface area contributed by atoms with E-state index in [-0.39, 0.29) is 12.5 Å². The molecule has 0 radical (unpaired) electrons. The Morgan fingerprint density at radius 1 is 1.24 bits per heavy atom. The van der Waals surface area contributed by atoms with Gasteiger partial charge in [0.2, 0.25) is 0 Å². The van der Waals surface area contributed by atoms with Crippen LogP contribution in [0.15, 0.2) is 24.3 Å². The number of hydrogen-bond donors (Lipinski definition) is 1.